The normalized spacial score (nSPS) is 19.8. The summed E-state index contributed by atoms with van der Waals surface area (Å²) in [7, 11) is 0. The van der Waals surface area contributed by atoms with Crippen LogP contribution in [0.5, 0.6) is 5.75 Å². The molecular formula is C19H26BrNO3. The Balaban J connectivity index is 1.53. The summed E-state index contributed by atoms with van der Waals surface area (Å²) < 4.78 is 12.4. The first-order valence-corrected chi connectivity index (χ1v) is 9.44. The van der Waals surface area contributed by atoms with E-state index in [1.54, 1.807) is 0 Å². The lowest BCUT2D eigenvalue weighted by molar-refractivity contribution is -0.155. The summed E-state index contributed by atoms with van der Waals surface area (Å²) in [4.78, 5) is 14.2. The van der Waals surface area contributed by atoms with E-state index in [0.717, 1.165) is 49.3 Å². The van der Waals surface area contributed by atoms with Crippen LogP contribution in [0.15, 0.2) is 22.7 Å². The number of ether oxygens (including phenoxy) is 2. The van der Waals surface area contributed by atoms with Crippen LogP contribution in [0.25, 0.3) is 0 Å². The van der Waals surface area contributed by atoms with Gasteiger partial charge < -0.3 is 14.4 Å². The first kappa shape index (κ1) is 17.7. The summed E-state index contributed by atoms with van der Waals surface area (Å²) in [5, 5.41) is 0. The van der Waals surface area contributed by atoms with Crippen molar-refractivity contribution in [3.63, 3.8) is 0 Å². The van der Waals surface area contributed by atoms with Gasteiger partial charge in [0.15, 0.2) is 0 Å². The molecule has 1 fully saturated rings. The quantitative estimate of drug-likeness (QED) is 0.727. The van der Waals surface area contributed by atoms with Gasteiger partial charge in [-0.1, -0.05) is 22.0 Å². The number of benzene rings is 1. The first-order valence-electron chi connectivity index (χ1n) is 8.65. The molecule has 1 aromatic carbocycles. The molecule has 0 bridgehead atoms. The Labute approximate surface area is 152 Å². The molecule has 0 saturated carbocycles. The lowest BCUT2D eigenvalue weighted by Gasteiger charge is -2.38. The zero-order valence-electron chi connectivity index (χ0n) is 14.7. The van der Waals surface area contributed by atoms with Gasteiger partial charge in [0, 0.05) is 22.0 Å². The maximum absolute atomic E-state index is 11.9. The van der Waals surface area contributed by atoms with Crippen LogP contribution in [0.1, 0.15) is 45.6 Å². The number of nitrogens with zero attached hydrogens (tertiary/aromatic N) is 1. The minimum absolute atomic E-state index is 0.109. The van der Waals surface area contributed by atoms with E-state index in [2.05, 4.69) is 39.0 Å². The van der Waals surface area contributed by atoms with Crippen molar-refractivity contribution in [2.75, 3.05) is 26.2 Å². The van der Waals surface area contributed by atoms with Gasteiger partial charge in [0.1, 0.15) is 11.4 Å². The molecule has 0 amide bonds. The zero-order chi connectivity index (χ0) is 17.4. The second kappa shape index (κ2) is 6.68. The highest BCUT2D eigenvalue weighted by Crippen LogP contribution is 2.46. The third-order valence-corrected chi connectivity index (χ3v) is 5.38. The fourth-order valence-electron chi connectivity index (χ4n) is 3.61. The monoisotopic (exact) mass is 395 g/mol. The topological polar surface area (TPSA) is 38.8 Å². The molecule has 1 aromatic rings. The second-order valence-electron chi connectivity index (χ2n) is 7.89. The van der Waals surface area contributed by atoms with Gasteiger partial charge in [-0.05, 0) is 58.8 Å². The van der Waals surface area contributed by atoms with E-state index in [1.807, 2.05) is 20.8 Å². The van der Waals surface area contributed by atoms with Gasteiger partial charge in [-0.3, -0.25) is 4.79 Å². The van der Waals surface area contributed by atoms with Gasteiger partial charge in [0.25, 0.3) is 0 Å². The van der Waals surface area contributed by atoms with Gasteiger partial charge in [-0.2, -0.15) is 0 Å². The minimum Gasteiger partial charge on any atom is -0.492 e. The molecular weight excluding hydrogens is 370 g/mol. The molecule has 1 saturated heterocycles. The van der Waals surface area contributed by atoms with Crippen LogP contribution in [0.2, 0.25) is 0 Å². The number of piperidine rings is 1. The average Bonchev–Trinajstić information content (AvgIpc) is 2.83. The van der Waals surface area contributed by atoms with Crippen molar-refractivity contribution in [1.29, 1.82) is 0 Å². The molecule has 0 unspecified atom stereocenters. The fraction of sp³-hybridized carbons (Fsp3) is 0.632. The van der Waals surface area contributed by atoms with E-state index >= 15 is 0 Å². The summed E-state index contributed by atoms with van der Waals surface area (Å²) in [6.45, 7) is 9.28. The van der Waals surface area contributed by atoms with E-state index in [9.17, 15) is 4.79 Å². The number of rotatable bonds is 3. The Morgan fingerprint density at radius 2 is 2.04 bits per heavy atom. The summed E-state index contributed by atoms with van der Waals surface area (Å²) in [6, 6.07) is 6.37. The molecule has 3 rings (SSSR count). The summed E-state index contributed by atoms with van der Waals surface area (Å²) in [5.74, 6) is 0.911. The van der Waals surface area contributed by atoms with Crippen molar-refractivity contribution >= 4 is 21.9 Å². The highest BCUT2D eigenvalue weighted by atomic mass is 79.9. The Morgan fingerprint density at radius 3 is 2.71 bits per heavy atom. The van der Waals surface area contributed by atoms with Crippen molar-refractivity contribution in [3.05, 3.63) is 28.2 Å². The van der Waals surface area contributed by atoms with E-state index in [0.29, 0.717) is 6.42 Å². The smallest absolute Gasteiger partial charge is 0.307 e. The molecule has 24 heavy (non-hydrogen) atoms. The molecule has 0 aliphatic carbocycles. The number of hydrogen-bond acceptors (Lipinski definition) is 4. The van der Waals surface area contributed by atoms with Crippen molar-refractivity contribution in [1.82, 2.24) is 4.90 Å². The molecule has 1 spiro atoms. The molecule has 2 aliphatic rings. The Morgan fingerprint density at radius 1 is 1.33 bits per heavy atom. The van der Waals surface area contributed by atoms with E-state index in [1.165, 1.54) is 5.56 Å². The Bertz CT molecular complexity index is 616. The van der Waals surface area contributed by atoms with Crippen molar-refractivity contribution in [3.8, 4) is 5.75 Å². The van der Waals surface area contributed by atoms with Crippen LogP contribution in [-0.2, 0) is 14.9 Å². The Kier molecular flexibility index (Phi) is 4.94. The van der Waals surface area contributed by atoms with E-state index < -0.39 is 5.60 Å². The molecule has 132 valence electrons. The van der Waals surface area contributed by atoms with Gasteiger partial charge in [0.05, 0.1) is 13.0 Å². The number of carbonyl (C=O) groups excluding carboxylic acids is 1. The predicted molar refractivity (Wildman–Crippen MR) is 97.5 cm³/mol. The molecule has 0 radical (unpaired) electrons. The third kappa shape index (κ3) is 3.94. The van der Waals surface area contributed by atoms with Gasteiger partial charge in [-0.15, -0.1) is 0 Å². The standard InChI is InChI=1S/C19H26BrNO3/c1-18(2,3)24-17(22)6-9-21-10-7-19(8-11-21)13-23-16-12-14(20)4-5-15(16)19/h4-5,12H,6-11,13H2,1-3H3. The van der Waals surface area contributed by atoms with Crippen LogP contribution in [0.4, 0.5) is 0 Å². The average molecular weight is 396 g/mol. The number of fused-ring (bicyclic) bond motifs is 2. The largest absolute Gasteiger partial charge is 0.492 e. The molecule has 2 aliphatic heterocycles. The maximum Gasteiger partial charge on any atom is 0.307 e. The van der Waals surface area contributed by atoms with Crippen molar-refractivity contribution < 1.29 is 14.3 Å². The SMILES string of the molecule is CC(C)(C)OC(=O)CCN1CCC2(CC1)COc1cc(Br)ccc12. The third-order valence-electron chi connectivity index (χ3n) is 4.88. The minimum atomic E-state index is -0.401. The van der Waals surface area contributed by atoms with Gasteiger partial charge in [0.2, 0.25) is 0 Å². The Hall–Kier alpha value is -1.07. The fourth-order valence-corrected chi connectivity index (χ4v) is 3.95. The molecule has 5 heteroatoms. The van der Waals surface area contributed by atoms with Crippen LogP contribution >= 0.6 is 15.9 Å². The van der Waals surface area contributed by atoms with E-state index in [-0.39, 0.29) is 11.4 Å². The number of esters is 1. The summed E-state index contributed by atoms with van der Waals surface area (Å²) >= 11 is 3.51. The van der Waals surface area contributed by atoms with Gasteiger partial charge in [-0.25, -0.2) is 0 Å². The van der Waals surface area contributed by atoms with Crippen LogP contribution in [0, 0.1) is 0 Å². The number of halogens is 1. The lowest BCUT2D eigenvalue weighted by atomic mass is 9.74. The van der Waals surface area contributed by atoms with Gasteiger partial charge >= 0.3 is 5.97 Å². The maximum atomic E-state index is 11.9. The predicted octanol–water partition coefficient (Wildman–Crippen LogP) is 3.91. The second-order valence-corrected chi connectivity index (χ2v) is 8.80. The zero-order valence-corrected chi connectivity index (χ0v) is 16.3. The summed E-state index contributed by atoms with van der Waals surface area (Å²) in [6.07, 6.45) is 2.62. The summed E-state index contributed by atoms with van der Waals surface area (Å²) in [5.41, 5.74) is 1.10. The highest BCUT2D eigenvalue weighted by Gasteiger charge is 2.42. The number of likely N-dealkylation sites (tertiary alicyclic amines) is 1. The van der Waals surface area contributed by atoms with Crippen molar-refractivity contribution in [2.24, 2.45) is 0 Å². The number of carbonyl (C=O) groups is 1. The molecule has 2 heterocycles. The van der Waals surface area contributed by atoms with Crippen LogP contribution in [-0.4, -0.2) is 42.7 Å². The molecule has 0 aromatic heterocycles. The van der Waals surface area contributed by atoms with Crippen LogP contribution < -0.4 is 4.74 Å². The number of hydrogen-bond donors (Lipinski definition) is 0. The van der Waals surface area contributed by atoms with Crippen molar-refractivity contribution in [2.45, 2.75) is 51.0 Å². The molecule has 4 nitrogen and oxygen atoms in total. The first-order chi connectivity index (χ1) is 11.3. The highest BCUT2D eigenvalue weighted by molar-refractivity contribution is 9.10. The molecule has 0 N–H and O–H groups in total. The van der Waals surface area contributed by atoms with E-state index in [4.69, 9.17) is 9.47 Å². The van der Waals surface area contributed by atoms with Crippen LogP contribution in [0.3, 0.4) is 0 Å². The lowest BCUT2D eigenvalue weighted by Crippen LogP contribution is -2.44. The molecule has 0 atom stereocenters.